The van der Waals surface area contributed by atoms with Crippen LogP contribution in [0.5, 0.6) is 0 Å². The molecule has 166 valence electrons. The van der Waals surface area contributed by atoms with Gasteiger partial charge in [-0.25, -0.2) is 0 Å². The minimum Gasteiger partial charge on any atom is -0.418 e. The standard InChI is InChI=1S/C25H29P.BF4/c26-21-13-2-1-12-20-25(22-14-6-3-7-15-22,23-16-8-4-9-17-23)24-18-10-5-11-19-24;2-1(3,4)5/h3-11,14-19H,1-2,12-13,20-21,26H2;/q;-1/p+1. The molecule has 0 fully saturated rings. The quantitative estimate of drug-likeness (QED) is 0.103. The van der Waals surface area contributed by atoms with Gasteiger partial charge in [0.2, 0.25) is 0 Å². The van der Waals surface area contributed by atoms with Crippen LogP contribution in [-0.2, 0) is 5.41 Å². The van der Waals surface area contributed by atoms with E-state index in [1.54, 1.807) is 0 Å². The van der Waals surface area contributed by atoms with Gasteiger partial charge in [-0.1, -0.05) is 104 Å². The summed E-state index contributed by atoms with van der Waals surface area (Å²) in [6.45, 7) is 0. The molecule has 0 aromatic heterocycles. The Balaban J connectivity index is 0.000000614. The third kappa shape index (κ3) is 8.14. The van der Waals surface area contributed by atoms with Crippen molar-refractivity contribution in [3.05, 3.63) is 108 Å². The van der Waals surface area contributed by atoms with Gasteiger partial charge in [0.15, 0.2) is 0 Å². The average molecular weight is 448 g/mol. The summed E-state index contributed by atoms with van der Waals surface area (Å²) in [6, 6.07) is 33.2. The van der Waals surface area contributed by atoms with Crippen LogP contribution >= 0.6 is 9.24 Å². The van der Waals surface area contributed by atoms with E-state index in [4.69, 9.17) is 0 Å². The lowest BCUT2D eigenvalue weighted by molar-refractivity contribution is 0.368. The number of hydrogen-bond donors (Lipinski definition) is 0. The van der Waals surface area contributed by atoms with Crippen LogP contribution < -0.4 is 0 Å². The third-order valence-electron chi connectivity index (χ3n) is 5.35. The summed E-state index contributed by atoms with van der Waals surface area (Å²) in [6.07, 6.45) is 7.73. The Morgan fingerprint density at radius 2 is 0.871 bits per heavy atom. The molecule has 0 nitrogen and oxygen atoms in total. The molecule has 0 saturated carbocycles. The van der Waals surface area contributed by atoms with Crippen LogP contribution in [0.4, 0.5) is 17.3 Å². The second kappa shape index (κ2) is 12.7. The van der Waals surface area contributed by atoms with Crippen LogP contribution in [0.25, 0.3) is 0 Å². The van der Waals surface area contributed by atoms with Crippen LogP contribution in [0.2, 0.25) is 0 Å². The predicted molar refractivity (Wildman–Crippen MR) is 128 cm³/mol. The van der Waals surface area contributed by atoms with E-state index in [1.165, 1.54) is 48.5 Å². The lowest BCUT2D eigenvalue weighted by Crippen LogP contribution is -2.29. The van der Waals surface area contributed by atoms with Crippen molar-refractivity contribution in [3.63, 3.8) is 0 Å². The zero-order valence-corrected chi connectivity index (χ0v) is 19.1. The topological polar surface area (TPSA) is 0 Å². The molecule has 0 radical (unpaired) electrons. The molecule has 6 heteroatoms. The molecule has 0 spiro atoms. The normalized spacial score (nSPS) is 11.6. The first-order valence-electron chi connectivity index (χ1n) is 10.7. The SMILES string of the molecule is F[B-](F)(F)F.[PH3+]CCCCCCC(c1ccccc1)(c1ccccc1)c1ccccc1. The van der Waals surface area contributed by atoms with Gasteiger partial charge < -0.3 is 17.3 Å². The number of hydrogen-bond acceptors (Lipinski definition) is 0. The molecule has 0 saturated heterocycles. The first-order valence-corrected chi connectivity index (χ1v) is 11.7. The fourth-order valence-corrected chi connectivity index (χ4v) is 4.38. The number of unbranched alkanes of at least 4 members (excludes halogenated alkanes) is 3. The van der Waals surface area contributed by atoms with E-state index >= 15 is 0 Å². The molecule has 3 aromatic rings. The average Bonchev–Trinajstić information content (AvgIpc) is 2.77. The summed E-state index contributed by atoms with van der Waals surface area (Å²) >= 11 is 0. The molecular weight excluding hydrogens is 418 g/mol. The second-order valence-electron chi connectivity index (χ2n) is 7.52. The highest BCUT2D eigenvalue weighted by atomic mass is 31.0. The van der Waals surface area contributed by atoms with Crippen molar-refractivity contribution in [3.8, 4) is 0 Å². The van der Waals surface area contributed by atoms with Crippen LogP contribution in [0.3, 0.4) is 0 Å². The Morgan fingerprint density at radius 1 is 0.548 bits per heavy atom. The maximum Gasteiger partial charge on any atom is 0.673 e. The molecule has 31 heavy (non-hydrogen) atoms. The van der Waals surface area contributed by atoms with E-state index in [1.807, 2.05) is 0 Å². The third-order valence-corrected chi connectivity index (χ3v) is 5.85. The van der Waals surface area contributed by atoms with Crippen molar-refractivity contribution in [1.29, 1.82) is 0 Å². The smallest absolute Gasteiger partial charge is 0.418 e. The molecule has 0 amide bonds. The first kappa shape index (κ1) is 25.1. The highest BCUT2D eigenvalue weighted by molar-refractivity contribution is 7.16. The van der Waals surface area contributed by atoms with Gasteiger partial charge in [-0.05, 0) is 45.2 Å². The number of halogens is 4. The van der Waals surface area contributed by atoms with Gasteiger partial charge in [0.1, 0.15) is 0 Å². The highest BCUT2D eigenvalue weighted by Crippen LogP contribution is 2.43. The van der Waals surface area contributed by atoms with E-state index < -0.39 is 7.25 Å². The highest BCUT2D eigenvalue weighted by Gasteiger charge is 2.35. The maximum absolute atomic E-state index is 9.75. The molecule has 0 aliphatic rings. The Labute approximate surface area is 185 Å². The summed E-state index contributed by atoms with van der Waals surface area (Å²) in [5.74, 6) is 0. The van der Waals surface area contributed by atoms with E-state index in [2.05, 4.69) is 100 Å². The number of benzene rings is 3. The van der Waals surface area contributed by atoms with Crippen molar-refractivity contribution < 1.29 is 17.3 Å². The predicted octanol–water partition coefficient (Wildman–Crippen LogP) is 7.88. The lowest BCUT2D eigenvalue weighted by Gasteiger charge is -2.36. The van der Waals surface area contributed by atoms with Crippen LogP contribution in [-0.4, -0.2) is 13.4 Å². The van der Waals surface area contributed by atoms with Gasteiger partial charge in [-0.15, -0.1) is 0 Å². The zero-order valence-electron chi connectivity index (χ0n) is 17.7. The van der Waals surface area contributed by atoms with Crippen molar-refractivity contribution >= 4 is 16.5 Å². The Kier molecular flexibility index (Phi) is 10.3. The number of rotatable bonds is 9. The summed E-state index contributed by atoms with van der Waals surface area (Å²) in [5, 5.41) is 0. The van der Waals surface area contributed by atoms with Crippen LogP contribution in [0, 0.1) is 0 Å². The van der Waals surface area contributed by atoms with Crippen molar-refractivity contribution in [2.24, 2.45) is 0 Å². The molecule has 0 bridgehead atoms. The van der Waals surface area contributed by atoms with Crippen molar-refractivity contribution in [2.75, 3.05) is 6.16 Å². The van der Waals surface area contributed by atoms with Gasteiger partial charge in [0.05, 0.1) is 6.16 Å². The molecule has 0 N–H and O–H groups in total. The van der Waals surface area contributed by atoms with E-state index in [0.29, 0.717) is 0 Å². The van der Waals surface area contributed by atoms with E-state index in [-0.39, 0.29) is 5.41 Å². The van der Waals surface area contributed by atoms with Gasteiger partial charge in [-0.2, -0.15) is 0 Å². The second-order valence-corrected chi connectivity index (χ2v) is 8.22. The summed E-state index contributed by atoms with van der Waals surface area (Å²) < 4.78 is 39.0. The fraction of sp³-hybridized carbons (Fsp3) is 0.280. The summed E-state index contributed by atoms with van der Waals surface area (Å²) in [4.78, 5) is 0. The van der Waals surface area contributed by atoms with Crippen molar-refractivity contribution in [1.82, 2.24) is 0 Å². The lowest BCUT2D eigenvalue weighted by atomic mass is 9.66. The Hall–Kier alpha value is -2.13. The molecule has 0 aliphatic heterocycles. The summed E-state index contributed by atoms with van der Waals surface area (Å²) in [5.41, 5.74) is 4.12. The van der Waals surface area contributed by atoms with Gasteiger partial charge in [0, 0.05) is 5.41 Å². The largest absolute Gasteiger partial charge is 0.673 e. The molecule has 1 unspecified atom stereocenters. The zero-order chi connectivity index (χ0) is 22.6. The summed E-state index contributed by atoms with van der Waals surface area (Å²) in [7, 11) is -3.91. The van der Waals surface area contributed by atoms with E-state index in [0.717, 1.165) is 6.42 Å². The molecule has 0 aliphatic carbocycles. The Morgan fingerprint density at radius 3 is 1.19 bits per heavy atom. The molecule has 1 atom stereocenters. The minimum atomic E-state index is -6.00. The van der Waals surface area contributed by atoms with E-state index in [9.17, 15) is 17.3 Å². The van der Waals surface area contributed by atoms with Crippen LogP contribution in [0.15, 0.2) is 91.0 Å². The van der Waals surface area contributed by atoms with Gasteiger partial charge >= 0.3 is 7.25 Å². The van der Waals surface area contributed by atoms with Crippen molar-refractivity contribution in [2.45, 2.75) is 37.5 Å². The van der Waals surface area contributed by atoms with Gasteiger partial charge in [-0.3, -0.25) is 0 Å². The molecule has 3 aromatic carbocycles. The monoisotopic (exact) mass is 448 g/mol. The Bertz CT molecular complexity index is 752. The molecule has 3 rings (SSSR count). The first-order chi connectivity index (χ1) is 14.9. The molecular formula is C25H30BF4P. The maximum atomic E-state index is 9.75. The fourth-order valence-electron chi connectivity index (χ4n) is 4.02. The van der Waals surface area contributed by atoms with Gasteiger partial charge in [0.25, 0.3) is 0 Å². The van der Waals surface area contributed by atoms with Crippen LogP contribution in [0.1, 0.15) is 48.8 Å². The molecule has 0 heterocycles. The minimum absolute atomic E-state index is 0.0717.